The van der Waals surface area contributed by atoms with E-state index in [4.69, 9.17) is 28.9 Å². The molecule has 0 spiro atoms. The van der Waals surface area contributed by atoms with Crippen LogP contribution < -0.4 is 5.73 Å². The number of thioether (sulfide) groups is 1. The molecule has 84 valence electrons. The highest BCUT2D eigenvalue weighted by Gasteiger charge is 2.04. The van der Waals surface area contributed by atoms with Crippen molar-refractivity contribution < 1.29 is 0 Å². The molecule has 0 aliphatic carbocycles. The van der Waals surface area contributed by atoms with E-state index in [-0.39, 0.29) is 0 Å². The average molecular weight is 291 g/mol. The summed E-state index contributed by atoms with van der Waals surface area (Å²) in [7, 11) is 0. The van der Waals surface area contributed by atoms with Crippen LogP contribution in [0.3, 0.4) is 0 Å². The van der Waals surface area contributed by atoms with Gasteiger partial charge in [0.15, 0.2) is 5.13 Å². The molecule has 0 aliphatic rings. The van der Waals surface area contributed by atoms with Crippen LogP contribution in [0.15, 0.2) is 28.6 Å². The monoisotopic (exact) mass is 290 g/mol. The van der Waals surface area contributed by atoms with Crippen molar-refractivity contribution >= 4 is 51.4 Å². The molecular weight excluding hydrogens is 283 g/mol. The van der Waals surface area contributed by atoms with E-state index in [0.717, 1.165) is 15.5 Å². The third-order valence-corrected chi connectivity index (χ3v) is 4.54. The summed E-state index contributed by atoms with van der Waals surface area (Å²) >= 11 is 15.0. The molecule has 0 saturated carbocycles. The van der Waals surface area contributed by atoms with Crippen LogP contribution in [0.2, 0.25) is 10.0 Å². The van der Waals surface area contributed by atoms with Crippen molar-refractivity contribution in [3.8, 4) is 0 Å². The number of nitrogens with zero attached hydrogens (tertiary/aromatic N) is 1. The first-order chi connectivity index (χ1) is 7.65. The number of benzene rings is 1. The Hall–Kier alpha value is -0.420. The molecule has 0 bridgehead atoms. The lowest BCUT2D eigenvalue weighted by Gasteiger charge is -2.02. The van der Waals surface area contributed by atoms with E-state index in [0.29, 0.717) is 15.2 Å². The minimum atomic E-state index is 0.588. The fourth-order valence-corrected chi connectivity index (χ4v) is 3.44. The summed E-state index contributed by atoms with van der Waals surface area (Å²) in [6, 6.07) is 5.52. The summed E-state index contributed by atoms with van der Waals surface area (Å²) in [6.45, 7) is 0. The Bertz CT molecular complexity index is 499. The first kappa shape index (κ1) is 12.0. The van der Waals surface area contributed by atoms with Gasteiger partial charge in [-0.15, -0.1) is 11.8 Å². The smallest absolute Gasteiger partial charge is 0.181 e. The topological polar surface area (TPSA) is 38.9 Å². The quantitative estimate of drug-likeness (QED) is 0.856. The molecule has 0 amide bonds. The third kappa shape index (κ3) is 3.04. The molecule has 0 radical (unpaired) electrons. The van der Waals surface area contributed by atoms with Gasteiger partial charge in [0.2, 0.25) is 0 Å². The number of thiazole rings is 1. The van der Waals surface area contributed by atoms with Gasteiger partial charge in [0.1, 0.15) is 0 Å². The van der Waals surface area contributed by atoms with Gasteiger partial charge in [0.05, 0.1) is 10.4 Å². The number of hydrogen-bond donors (Lipinski definition) is 1. The molecule has 0 fully saturated rings. The summed E-state index contributed by atoms with van der Waals surface area (Å²) in [6.07, 6.45) is 1.77. The largest absolute Gasteiger partial charge is 0.375 e. The fraction of sp³-hybridized carbons (Fsp3) is 0.100. The molecule has 2 rings (SSSR count). The summed E-state index contributed by atoms with van der Waals surface area (Å²) in [5.74, 6) is 0.789. The molecule has 1 heterocycles. The van der Waals surface area contributed by atoms with E-state index in [2.05, 4.69) is 4.98 Å². The van der Waals surface area contributed by atoms with Crippen LogP contribution >= 0.6 is 46.3 Å². The van der Waals surface area contributed by atoms with Crippen molar-refractivity contribution in [3.63, 3.8) is 0 Å². The molecule has 2 N–H and O–H groups in total. The first-order valence-electron chi connectivity index (χ1n) is 4.43. The molecular formula is C10H8Cl2N2S2. The summed E-state index contributed by atoms with van der Waals surface area (Å²) < 4.78 is 1.09. The predicted molar refractivity (Wildman–Crippen MR) is 72.5 cm³/mol. The maximum atomic E-state index is 6.07. The SMILES string of the molecule is Nc1ncc(SCc2ccc(Cl)cc2Cl)s1. The number of halogens is 2. The zero-order valence-corrected chi connectivity index (χ0v) is 11.3. The summed E-state index contributed by atoms with van der Waals surface area (Å²) in [4.78, 5) is 3.99. The highest BCUT2D eigenvalue weighted by atomic mass is 35.5. The highest BCUT2D eigenvalue weighted by molar-refractivity contribution is 8.00. The van der Waals surface area contributed by atoms with Crippen molar-refractivity contribution in [1.29, 1.82) is 0 Å². The summed E-state index contributed by atoms with van der Waals surface area (Å²) in [5, 5.41) is 1.93. The van der Waals surface area contributed by atoms with Crippen LogP contribution in [-0.4, -0.2) is 4.98 Å². The number of nitrogens with two attached hydrogens (primary N) is 1. The third-order valence-electron chi connectivity index (χ3n) is 1.89. The number of hydrogen-bond acceptors (Lipinski definition) is 4. The Kier molecular flexibility index (Phi) is 3.97. The molecule has 0 atom stereocenters. The number of aromatic nitrogens is 1. The van der Waals surface area contributed by atoms with Gasteiger partial charge in [-0.1, -0.05) is 40.6 Å². The zero-order chi connectivity index (χ0) is 11.5. The molecule has 1 aromatic heterocycles. The van der Waals surface area contributed by atoms with Gasteiger partial charge in [-0.2, -0.15) is 0 Å². The van der Waals surface area contributed by atoms with Crippen LogP contribution in [0.1, 0.15) is 5.56 Å². The molecule has 0 aliphatic heterocycles. The molecule has 2 aromatic rings. The van der Waals surface area contributed by atoms with Crippen LogP contribution in [0.25, 0.3) is 0 Å². The second kappa shape index (κ2) is 5.27. The number of rotatable bonds is 3. The standard InChI is InChI=1S/C10H8Cl2N2S2/c11-7-2-1-6(8(12)3-7)5-15-9-4-14-10(13)16-9/h1-4H,5H2,(H2,13,14). The van der Waals surface area contributed by atoms with Crippen LogP contribution in [0.5, 0.6) is 0 Å². The van der Waals surface area contributed by atoms with Gasteiger partial charge in [0, 0.05) is 15.8 Å². The summed E-state index contributed by atoms with van der Waals surface area (Å²) in [5.41, 5.74) is 6.61. The average Bonchev–Trinajstić information content (AvgIpc) is 2.63. The van der Waals surface area contributed by atoms with Gasteiger partial charge in [0.25, 0.3) is 0 Å². The molecule has 1 aromatic carbocycles. The highest BCUT2D eigenvalue weighted by Crippen LogP contribution is 2.32. The lowest BCUT2D eigenvalue weighted by atomic mass is 10.2. The van der Waals surface area contributed by atoms with Crippen LogP contribution in [0.4, 0.5) is 5.13 Å². The van der Waals surface area contributed by atoms with Gasteiger partial charge in [-0.3, -0.25) is 0 Å². The maximum absolute atomic E-state index is 6.07. The van der Waals surface area contributed by atoms with Crippen LogP contribution in [0, 0.1) is 0 Å². The molecule has 0 unspecified atom stereocenters. The molecule has 16 heavy (non-hydrogen) atoms. The van der Waals surface area contributed by atoms with Gasteiger partial charge < -0.3 is 5.73 Å². The second-order valence-electron chi connectivity index (χ2n) is 3.04. The van der Waals surface area contributed by atoms with E-state index < -0.39 is 0 Å². The van der Waals surface area contributed by atoms with E-state index in [9.17, 15) is 0 Å². The van der Waals surface area contributed by atoms with Gasteiger partial charge in [-0.05, 0) is 17.7 Å². The van der Waals surface area contributed by atoms with Crippen molar-refractivity contribution in [3.05, 3.63) is 40.0 Å². The zero-order valence-electron chi connectivity index (χ0n) is 8.11. The minimum Gasteiger partial charge on any atom is -0.375 e. The van der Waals surface area contributed by atoms with E-state index in [1.54, 1.807) is 24.0 Å². The lowest BCUT2D eigenvalue weighted by molar-refractivity contribution is 1.36. The van der Waals surface area contributed by atoms with Crippen molar-refractivity contribution in [2.75, 3.05) is 5.73 Å². The first-order valence-corrected chi connectivity index (χ1v) is 6.99. The molecule has 6 heteroatoms. The normalized spacial score (nSPS) is 10.6. The van der Waals surface area contributed by atoms with Gasteiger partial charge >= 0.3 is 0 Å². The Morgan fingerprint density at radius 3 is 2.81 bits per heavy atom. The van der Waals surface area contributed by atoms with Crippen molar-refractivity contribution in [1.82, 2.24) is 4.98 Å². The number of anilines is 1. The van der Waals surface area contributed by atoms with Gasteiger partial charge in [-0.25, -0.2) is 4.98 Å². The van der Waals surface area contributed by atoms with E-state index in [1.807, 2.05) is 12.1 Å². The Balaban J connectivity index is 2.04. The molecule has 2 nitrogen and oxygen atoms in total. The number of nitrogen functional groups attached to an aromatic ring is 1. The lowest BCUT2D eigenvalue weighted by Crippen LogP contribution is -1.81. The van der Waals surface area contributed by atoms with Crippen LogP contribution in [-0.2, 0) is 5.75 Å². The maximum Gasteiger partial charge on any atom is 0.181 e. The fourth-order valence-electron chi connectivity index (χ4n) is 1.13. The van der Waals surface area contributed by atoms with Crippen molar-refractivity contribution in [2.24, 2.45) is 0 Å². The second-order valence-corrected chi connectivity index (χ2v) is 6.22. The van der Waals surface area contributed by atoms with Crippen molar-refractivity contribution in [2.45, 2.75) is 9.96 Å². The molecule has 0 saturated heterocycles. The Morgan fingerprint density at radius 1 is 1.38 bits per heavy atom. The van der Waals surface area contributed by atoms with E-state index in [1.165, 1.54) is 11.3 Å². The Labute approximate surface area is 112 Å². The predicted octanol–water partition coefficient (Wildman–Crippen LogP) is 4.32. The Morgan fingerprint density at radius 2 is 2.19 bits per heavy atom. The minimum absolute atomic E-state index is 0.588. The van der Waals surface area contributed by atoms with E-state index >= 15 is 0 Å².